The Morgan fingerprint density at radius 3 is 2.23 bits per heavy atom. The number of aldehydes is 1. The quantitative estimate of drug-likeness (QED) is 0.0855. The van der Waals surface area contributed by atoms with Crippen LogP contribution >= 0.6 is 0 Å². The van der Waals surface area contributed by atoms with Crippen molar-refractivity contribution in [2.24, 2.45) is 63.6 Å². The number of carbonyl (C=O) groups excluding carboxylic acids is 1. The average molecular weight is 859 g/mol. The molecule has 8 rings (SSSR count). The number of carbonyl (C=O) groups is 1. The molecule has 3 heterocycles. The Hall–Kier alpha value is -0.0117. The van der Waals surface area contributed by atoms with Gasteiger partial charge in [0.15, 0.2) is 0 Å². The Balaban J connectivity index is 1.01. The normalized spacial score (nSPS) is 42.1. The molecule has 0 aromatic heterocycles. The molecule has 5 saturated carbocycles. The predicted octanol–water partition coefficient (Wildman–Crippen LogP) is 7.91. The molecule has 8 fully saturated rings. The number of fused-ring (bicyclic) bond motifs is 2. The number of aliphatic hydroxyl groups excluding tert-OH is 1. The average Bonchev–Trinajstić information content (AvgIpc) is 4.03. The van der Waals surface area contributed by atoms with Gasteiger partial charge in [-0.05, 0) is 25.9 Å². The van der Waals surface area contributed by atoms with Crippen molar-refractivity contribution in [2.75, 3.05) is 78.5 Å². The molecule has 0 aromatic carbocycles. The summed E-state index contributed by atoms with van der Waals surface area (Å²) < 4.78 is 8.42. The van der Waals surface area contributed by atoms with Crippen molar-refractivity contribution < 1.29 is 34.0 Å². The fourth-order valence-corrected chi connectivity index (χ4v) is 17.3. The number of likely N-dealkylation sites (tertiary alicyclic amines) is 1. The molecule has 318 valence electrons. The third-order valence-electron chi connectivity index (χ3n) is 18.6. The van der Waals surface area contributed by atoms with E-state index in [0.717, 1.165) is 44.7 Å². The third kappa shape index (κ3) is 7.52. The van der Waals surface area contributed by atoms with Crippen LogP contribution in [-0.4, -0.2) is 126 Å². The molecule has 0 radical (unpaired) electrons. The van der Waals surface area contributed by atoms with Crippen LogP contribution in [0.15, 0.2) is 0 Å². The molecule has 3 unspecified atom stereocenters. The fraction of sp³-hybridized carbons (Fsp3) is 0.958. The Bertz CT molecular complexity index is 1330. The van der Waals surface area contributed by atoms with E-state index in [9.17, 15) is 9.90 Å². The zero-order valence-corrected chi connectivity index (χ0v) is 38.3. The van der Waals surface area contributed by atoms with E-state index in [4.69, 9.17) is 4.74 Å². The van der Waals surface area contributed by atoms with E-state index in [1.807, 2.05) is 19.4 Å². The maximum absolute atomic E-state index is 14.0. The monoisotopic (exact) mass is 861 g/mol. The van der Waals surface area contributed by atoms with Gasteiger partial charge < -0.3 is 4.90 Å². The van der Waals surface area contributed by atoms with Crippen LogP contribution in [-0.2, 0) is 28.9 Å². The molecule has 3 saturated heterocycles. The van der Waals surface area contributed by atoms with Gasteiger partial charge in [0.05, 0.1) is 0 Å². The van der Waals surface area contributed by atoms with Gasteiger partial charge >= 0.3 is 280 Å². The topological polar surface area (TPSA) is 59.5 Å². The zero-order chi connectivity index (χ0) is 39.1. The van der Waals surface area contributed by atoms with Crippen molar-refractivity contribution in [3.8, 4) is 0 Å². The van der Waals surface area contributed by atoms with Gasteiger partial charge in [0.2, 0.25) is 0 Å². The molecule has 3 aliphatic heterocycles. The Morgan fingerprint density at radius 1 is 0.875 bits per heavy atom. The van der Waals surface area contributed by atoms with Crippen molar-refractivity contribution in [3.05, 3.63) is 0 Å². The number of unbranched alkanes of at least 4 members (excludes halogenated alkanes) is 2. The second-order valence-electron chi connectivity index (χ2n) is 21.5. The van der Waals surface area contributed by atoms with Crippen molar-refractivity contribution in [1.29, 1.82) is 0 Å². The van der Waals surface area contributed by atoms with Crippen LogP contribution in [0.1, 0.15) is 137 Å². The zero-order valence-electron chi connectivity index (χ0n) is 36.3. The van der Waals surface area contributed by atoms with E-state index >= 15 is 0 Å². The van der Waals surface area contributed by atoms with Crippen LogP contribution in [0, 0.1) is 63.6 Å². The van der Waals surface area contributed by atoms with Crippen LogP contribution in [0.4, 0.5) is 0 Å². The Morgan fingerprint density at radius 2 is 1.57 bits per heavy atom. The fourth-order valence-electron chi connectivity index (χ4n) is 16.0. The molecule has 0 spiro atoms. The third-order valence-corrected chi connectivity index (χ3v) is 19.4. The minimum atomic E-state index is -0.454. The molecule has 0 amide bonds. The van der Waals surface area contributed by atoms with Crippen LogP contribution in [0.5, 0.6) is 0 Å². The van der Waals surface area contributed by atoms with Crippen LogP contribution in [0.3, 0.4) is 0 Å². The van der Waals surface area contributed by atoms with Crippen LogP contribution in [0.2, 0.25) is 0 Å². The summed E-state index contributed by atoms with van der Waals surface area (Å²) in [4.78, 5) is 25.0. The summed E-state index contributed by atoms with van der Waals surface area (Å²) in [5, 5.41) is 12.4. The first-order valence-electron chi connectivity index (χ1n) is 24.4. The summed E-state index contributed by atoms with van der Waals surface area (Å²) in [5.41, 5.74) is -1.02. The molecule has 11 atom stereocenters. The van der Waals surface area contributed by atoms with Gasteiger partial charge in [-0.1, -0.05) is 13.3 Å². The number of rotatable bonds is 18. The SMILES string of the molecule is CCCCCN(CCN1CCN(CCN2CCCCC2)CC1)C[C@@H]1O[C@@H](C23C[C@@H]4[C@H](C)CC[C@H]4C4(C=O)CC2C[C@@H](C(C)C)[C@]43[C](O)=[Mo])C[C@H]1CC1CCCC1. The van der Waals surface area contributed by atoms with Gasteiger partial charge in [-0.3, -0.25) is 4.90 Å². The number of piperidine rings is 1. The first-order valence-corrected chi connectivity index (χ1v) is 25.4. The summed E-state index contributed by atoms with van der Waals surface area (Å²) >= 11 is 1.93. The van der Waals surface area contributed by atoms with Crippen molar-refractivity contribution >= 4 is 10.4 Å². The number of nitrogens with zero attached hydrogens (tertiary/aromatic N) is 4. The Kier molecular flexibility index (Phi) is 13.8. The summed E-state index contributed by atoms with van der Waals surface area (Å²) in [6.45, 7) is 24.1. The van der Waals surface area contributed by atoms with Gasteiger partial charge in [-0.2, -0.15) is 0 Å². The Labute approximate surface area is 353 Å². The first kappa shape index (κ1) is 42.7. The number of aliphatic hydroxyl groups is 1. The minimum absolute atomic E-state index is 0.132. The molecule has 8 heteroatoms. The summed E-state index contributed by atoms with van der Waals surface area (Å²) in [6.07, 6.45) is 23.6. The van der Waals surface area contributed by atoms with Gasteiger partial charge in [-0.25, -0.2) is 0 Å². The molecule has 4 bridgehead atoms. The molecular formula is C48H82MoN4O3. The van der Waals surface area contributed by atoms with Crippen molar-refractivity contribution in [1.82, 2.24) is 19.6 Å². The van der Waals surface area contributed by atoms with Crippen molar-refractivity contribution in [3.63, 3.8) is 0 Å². The van der Waals surface area contributed by atoms with Crippen molar-refractivity contribution in [2.45, 2.75) is 149 Å². The van der Waals surface area contributed by atoms with E-state index in [0.29, 0.717) is 45.5 Å². The van der Waals surface area contributed by atoms with Gasteiger partial charge in [0.25, 0.3) is 0 Å². The number of ether oxygens (including phenoxy) is 1. The van der Waals surface area contributed by atoms with E-state index in [1.54, 1.807) is 0 Å². The number of hydrogen-bond donors (Lipinski definition) is 1. The molecular weight excluding hydrogens is 776 g/mol. The second-order valence-corrected chi connectivity index (χ2v) is 22.4. The predicted molar refractivity (Wildman–Crippen MR) is 224 cm³/mol. The molecule has 7 nitrogen and oxygen atoms in total. The van der Waals surface area contributed by atoms with E-state index < -0.39 is 10.8 Å². The van der Waals surface area contributed by atoms with Gasteiger partial charge in [0.1, 0.15) is 0 Å². The molecule has 8 aliphatic rings. The summed E-state index contributed by atoms with van der Waals surface area (Å²) in [7, 11) is 0. The number of hydrogen-bond acceptors (Lipinski definition) is 7. The van der Waals surface area contributed by atoms with Gasteiger partial charge in [0, 0.05) is 26.2 Å². The molecule has 1 N–H and O–H groups in total. The maximum atomic E-state index is 14.0. The summed E-state index contributed by atoms with van der Waals surface area (Å²) in [6, 6.07) is 0. The van der Waals surface area contributed by atoms with Crippen LogP contribution < -0.4 is 0 Å². The first-order chi connectivity index (χ1) is 27.2. The van der Waals surface area contributed by atoms with E-state index in [1.165, 1.54) is 155 Å². The van der Waals surface area contributed by atoms with E-state index in [2.05, 4.69) is 47.3 Å². The van der Waals surface area contributed by atoms with Gasteiger partial charge in [-0.15, -0.1) is 0 Å². The molecule has 5 aliphatic carbocycles. The molecule has 0 aromatic rings. The van der Waals surface area contributed by atoms with E-state index in [-0.39, 0.29) is 17.6 Å². The molecule has 56 heavy (non-hydrogen) atoms. The second kappa shape index (κ2) is 18.1. The summed E-state index contributed by atoms with van der Waals surface area (Å²) in [5.74, 6) is 4.32. The van der Waals surface area contributed by atoms with Crippen LogP contribution in [0.25, 0.3) is 0 Å². The standard InChI is InChI=1S/C48H82N4O3.Mo/c1-5-6-10-19-52(27-26-51-24-22-50(23-25-51)21-20-49-17-11-7-12-18-49)33-44-39(28-38-13-8-9-14-38)29-45(55-44)47-32-41-37(4)15-16-42(41)46(34-53)31-40(47)30-43(36(2)3)48(46,47)35-54;/h34,36-45,54H,5-33H2,1-4H3;/t37-,39-,40?,41-,42-,43+,44+,45-,46?,47?,48-;/m1./s1. The number of piperazine rings is 1.